The maximum absolute atomic E-state index is 14.8. The summed E-state index contributed by atoms with van der Waals surface area (Å²) in [5.74, 6) is -3.87. The van der Waals surface area contributed by atoms with Crippen LogP contribution in [0, 0.1) is 5.82 Å². The molecule has 0 bridgehead atoms. The number of alkyl halides is 2. The molecule has 4 rings (SSSR count). The molecule has 2 N–H and O–H groups in total. The number of halogens is 4. The van der Waals surface area contributed by atoms with Gasteiger partial charge in [0, 0.05) is 30.6 Å². The SMILES string of the molecule is CC1Cc2nn3c(c2CN1C(=O)Nc1ccnc(Br)c1F)C(F)(F)CCC(O)C3. The molecule has 4 heterocycles. The van der Waals surface area contributed by atoms with Crippen LogP contribution in [0.4, 0.5) is 23.7 Å². The molecule has 0 aromatic carbocycles. The van der Waals surface area contributed by atoms with Crippen LogP contribution in [-0.4, -0.2) is 42.9 Å². The van der Waals surface area contributed by atoms with Crippen molar-refractivity contribution in [2.75, 3.05) is 5.32 Å². The van der Waals surface area contributed by atoms with Gasteiger partial charge in [-0.25, -0.2) is 14.2 Å². The quantitative estimate of drug-likeness (QED) is 0.621. The Hall–Kier alpha value is -2.14. The van der Waals surface area contributed by atoms with E-state index in [0.717, 1.165) is 0 Å². The van der Waals surface area contributed by atoms with E-state index in [1.807, 2.05) is 0 Å². The molecule has 0 radical (unpaired) electrons. The molecule has 2 aromatic heterocycles. The first-order valence-corrected chi connectivity index (χ1v) is 9.99. The minimum absolute atomic E-state index is 0.00520. The predicted octanol–water partition coefficient (Wildman–Crippen LogP) is 3.40. The van der Waals surface area contributed by atoms with Gasteiger partial charge in [0.25, 0.3) is 5.92 Å². The van der Waals surface area contributed by atoms with Gasteiger partial charge >= 0.3 is 6.03 Å². The van der Waals surface area contributed by atoms with Gasteiger partial charge in [-0.3, -0.25) is 4.68 Å². The van der Waals surface area contributed by atoms with Gasteiger partial charge in [0.05, 0.1) is 30.6 Å². The Morgan fingerprint density at radius 3 is 2.97 bits per heavy atom. The van der Waals surface area contributed by atoms with Gasteiger partial charge in [-0.1, -0.05) is 0 Å². The number of hydrogen-bond donors (Lipinski definition) is 2. The number of aliphatic hydroxyl groups is 1. The second-order valence-electron chi connectivity index (χ2n) is 7.43. The number of fused-ring (bicyclic) bond motifs is 3. The van der Waals surface area contributed by atoms with E-state index >= 15 is 0 Å². The molecule has 2 atom stereocenters. The van der Waals surface area contributed by atoms with Gasteiger partial charge in [0.15, 0.2) is 5.82 Å². The number of nitrogens with zero attached hydrogens (tertiary/aromatic N) is 4. The number of aromatic nitrogens is 3. The van der Waals surface area contributed by atoms with Crippen molar-refractivity contribution in [1.29, 1.82) is 0 Å². The number of pyridine rings is 1. The molecule has 2 amide bonds. The van der Waals surface area contributed by atoms with Crippen LogP contribution in [0.1, 0.15) is 36.7 Å². The third-order valence-electron chi connectivity index (χ3n) is 5.35. The molecule has 2 unspecified atom stereocenters. The molecule has 0 saturated heterocycles. The van der Waals surface area contributed by atoms with Gasteiger partial charge in [-0.2, -0.15) is 13.9 Å². The fraction of sp³-hybridized carbons (Fsp3) is 0.500. The minimum Gasteiger partial charge on any atom is -0.391 e. The zero-order chi connectivity index (χ0) is 20.9. The number of nitrogens with one attached hydrogen (secondary N) is 1. The molecule has 2 aliphatic rings. The number of carbonyl (C=O) groups is 1. The van der Waals surface area contributed by atoms with Crippen molar-refractivity contribution in [3.8, 4) is 0 Å². The summed E-state index contributed by atoms with van der Waals surface area (Å²) in [5.41, 5.74) is 0.501. The van der Waals surface area contributed by atoms with Gasteiger partial charge in [0.2, 0.25) is 0 Å². The smallest absolute Gasteiger partial charge is 0.322 e. The first kappa shape index (κ1) is 20.1. The number of amides is 2. The Morgan fingerprint density at radius 1 is 1.45 bits per heavy atom. The molecular formula is C18H19BrF3N5O2. The van der Waals surface area contributed by atoms with Crippen molar-refractivity contribution in [2.24, 2.45) is 0 Å². The maximum atomic E-state index is 14.8. The molecule has 7 nitrogen and oxygen atoms in total. The van der Waals surface area contributed by atoms with E-state index in [1.54, 1.807) is 6.92 Å². The van der Waals surface area contributed by atoms with Crippen LogP contribution >= 0.6 is 15.9 Å². The van der Waals surface area contributed by atoms with Gasteiger partial charge in [-0.05, 0) is 35.3 Å². The normalized spacial score (nSPS) is 23.2. The van der Waals surface area contributed by atoms with Crippen LogP contribution < -0.4 is 5.32 Å². The lowest BCUT2D eigenvalue weighted by atomic mass is 9.96. The third kappa shape index (κ3) is 3.61. The average molecular weight is 474 g/mol. The summed E-state index contributed by atoms with van der Waals surface area (Å²) in [4.78, 5) is 17.9. The number of carbonyl (C=O) groups excluding carboxylic acids is 1. The van der Waals surface area contributed by atoms with Crippen molar-refractivity contribution < 1.29 is 23.1 Å². The molecular weight excluding hydrogens is 455 g/mol. The first-order valence-electron chi connectivity index (χ1n) is 9.20. The zero-order valence-electron chi connectivity index (χ0n) is 15.5. The lowest BCUT2D eigenvalue weighted by molar-refractivity contribution is -0.0250. The van der Waals surface area contributed by atoms with Crippen molar-refractivity contribution in [1.82, 2.24) is 19.7 Å². The highest BCUT2D eigenvalue weighted by Crippen LogP contribution is 2.41. The number of urea groups is 1. The molecule has 2 aliphatic heterocycles. The van der Waals surface area contributed by atoms with Gasteiger partial charge in [-0.15, -0.1) is 0 Å². The lowest BCUT2D eigenvalue weighted by Gasteiger charge is -2.33. The molecule has 0 spiro atoms. The van der Waals surface area contributed by atoms with Crippen molar-refractivity contribution >= 4 is 27.6 Å². The van der Waals surface area contributed by atoms with E-state index < -0.39 is 30.3 Å². The van der Waals surface area contributed by atoms with E-state index in [2.05, 4.69) is 31.3 Å². The molecule has 2 aromatic rings. The summed E-state index contributed by atoms with van der Waals surface area (Å²) >= 11 is 2.96. The van der Waals surface area contributed by atoms with Crippen LogP contribution in [0.3, 0.4) is 0 Å². The summed E-state index contributed by atoms with van der Waals surface area (Å²) in [5, 5.41) is 16.7. The number of hydrogen-bond acceptors (Lipinski definition) is 4. The summed E-state index contributed by atoms with van der Waals surface area (Å²) in [7, 11) is 0. The topological polar surface area (TPSA) is 83.3 Å². The van der Waals surface area contributed by atoms with Crippen molar-refractivity contribution in [3.63, 3.8) is 0 Å². The second kappa shape index (κ2) is 7.28. The lowest BCUT2D eigenvalue weighted by Crippen LogP contribution is -2.45. The Labute approximate surface area is 173 Å². The second-order valence-corrected chi connectivity index (χ2v) is 8.18. The zero-order valence-corrected chi connectivity index (χ0v) is 17.1. The largest absolute Gasteiger partial charge is 0.391 e. The Morgan fingerprint density at radius 2 is 2.21 bits per heavy atom. The van der Waals surface area contributed by atoms with Crippen LogP contribution in [0.25, 0.3) is 0 Å². The molecule has 29 heavy (non-hydrogen) atoms. The number of anilines is 1. The monoisotopic (exact) mass is 473 g/mol. The van der Waals surface area contributed by atoms with Gasteiger partial charge in [0.1, 0.15) is 10.3 Å². The summed E-state index contributed by atoms with van der Waals surface area (Å²) < 4.78 is 44.8. The van der Waals surface area contributed by atoms with E-state index in [0.29, 0.717) is 11.3 Å². The first-order chi connectivity index (χ1) is 13.7. The third-order valence-corrected chi connectivity index (χ3v) is 5.91. The Kier molecular flexibility index (Phi) is 5.06. The van der Waals surface area contributed by atoms with Crippen molar-refractivity contribution in [2.45, 2.75) is 57.3 Å². The van der Waals surface area contributed by atoms with E-state index in [-0.39, 0.29) is 48.0 Å². The van der Waals surface area contributed by atoms with Crippen LogP contribution in [0.2, 0.25) is 0 Å². The molecule has 0 fully saturated rings. The highest BCUT2D eigenvalue weighted by atomic mass is 79.9. The molecule has 11 heteroatoms. The fourth-order valence-electron chi connectivity index (χ4n) is 3.87. The fourth-order valence-corrected chi connectivity index (χ4v) is 4.20. The molecule has 156 valence electrons. The molecule has 0 saturated carbocycles. The van der Waals surface area contributed by atoms with Crippen LogP contribution in [0.5, 0.6) is 0 Å². The van der Waals surface area contributed by atoms with E-state index in [4.69, 9.17) is 0 Å². The highest BCUT2D eigenvalue weighted by molar-refractivity contribution is 9.10. The van der Waals surface area contributed by atoms with Crippen molar-refractivity contribution in [3.05, 3.63) is 39.6 Å². The molecule has 0 aliphatic carbocycles. The maximum Gasteiger partial charge on any atom is 0.322 e. The highest BCUT2D eigenvalue weighted by Gasteiger charge is 2.44. The average Bonchev–Trinajstić information content (AvgIpc) is 2.95. The Balaban J connectivity index is 1.64. The summed E-state index contributed by atoms with van der Waals surface area (Å²) in [6.45, 7) is 1.70. The standard InChI is InChI=1S/C18H19BrF3N5O2/c1-9-6-13-11(15-18(21,22)4-2-10(28)7-27(15)25-13)8-26(9)17(29)24-12-3-5-23-16(19)14(12)20/h3,5,9-10,28H,2,4,6-8H2,1H3,(H,23,24,29). The predicted molar refractivity (Wildman–Crippen MR) is 101 cm³/mol. The minimum atomic E-state index is -3.15. The van der Waals surface area contributed by atoms with Crippen LogP contribution in [-0.2, 0) is 25.4 Å². The summed E-state index contributed by atoms with van der Waals surface area (Å²) in [6, 6.07) is 0.394. The van der Waals surface area contributed by atoms with E-state index in [1.165, 1.54) is 21.8 Å². The van der Waals surface area contributed by atoms with Crippen LogP contribution in [0.15, 0.2) is 16.9 Å². The Bertz CT molecular complexity index is 967. The summed E-state index contributed by atoms with van der Waals surface area (Å²) in [6.07, 6.45) is 0.224. The number of rotatable bonds is 1. The van der Waals surface area contributed by atoms with Gasteiger partial charge < -0.3 is 15.3 Å². The number of aliphatic hydroxyl groups excluding tert-OH is 1. The van der Waals surface area contributed by atoms with E-state index in [9.17, 15) is 23.1 Å².